The molecule has 27 nitrogen and oxygen atoms in total. The van der Waals surface area contributed by atoms with Crippen molar-refractivity contribution in [3.8, 4) is 0 Å². The number of hydrogen-bond acceptors (Lipinski definition) is 18. The second-order valence-electron chi connectivity index (χ2n) is 38.4. The molecular weight excluding hydrogens is 2180 g/mol. The summed E-state index contributed by atoms with van der Waals surface area (Å²) in [6.45, 7) is 13.9. The van der Waals surface area contributed by atoms with Crippen LogP contribution in [0.3, 0.4) is 0 Å². The Balaban J connectivity index is 0.000000146. The van der Waals surface area contributed by atoms with Crippen LogP contribution in [0.1, 0.15) is 229 Å². The van der Waals surface area contributed by atoms with Crippen molar-refractivity contribution in [3.63, 3.8) is 0 Å². The molecule has 12 amide bonds. The van der Waals surface area contributed by atoms with Gasteiger partial charge in [0, 0.05) is 151 Å². The second-order valence-corrected chi connectivity index (χ2v) is 46.5. The zero-order valence-corrected chi connectivity index (χ0v) is 90.1. The number of amides is 12. The number of nitrogens with zero attached hydrogens (tertiary/aromatic N) is 10. The Kier molecular flexibility index (Phi) is 29.7. The van der Waals surface area contributed by atoms with Gasteiger partial charge in [-0.15, -0.1) is 5.16 Å². The first-order valence-corrected chi connectivity index (χ1v) is 59.5. The Labute approximate surface area is 863 Å². The first-order valence-electron chi connectivity index (χ1n) is 48.9. The van der Waals surface area contributed by atoms with Crippen molar-refractivity contribution in [2.45, 2.75) is 111 Å². The molecule has 6 aliphatic heterocycles. The van der Waals surface area contributed by atoms with E-state index in [0.717, 1.165) is 161 Å². The smallest absolute Gasteiger partial charge is 0.375 e. The predicted molar refractivity (Wildman–Crippen MR) is 594 cm³/mol. The third-order valence-electron chi connectivity index (χ3n) is 28.2. The van der Waals surface area contributed by atoms with Crippen LogP contribution in [-0.4, -0.2) is 256 Å². The molecule has 0 bridgehead atoms. The lowest BCUT2D eigenvalue weighted by atomic mass is 9.82. The minimum absolute atomic E-state index is 0.133. The summed E-state index contributed by atoms with van der Waals surface area (Å²) < 4.78 is 18.2. The summed E-state index contributed by atoms with van der Waals surface area (Å²) in [5.41, 5.74) is 3.18. The summed E-state index contributed by atoms with van der Waals surface area (Å²) >= 11 is 5.19. The van der Waals surface area contributed by atoms with Gasteiger partial charge in [0.25, 0.3) is 92.9 Å². The van der Waals surface area contributed by atoms with E-state index in [1.807, 2.05) is 173 Å². The monoisotopic (exact) mass is 2290 g/mol. The second kappa shape index (κ2) is 42.2. The highest BCUT2D eigenvalue weighted by atomic mass is 127. The number of hydroxylamine groups is 6. The van der Waals surface area contributed by atoms with Gasteiger partial charge in [-0.1, -0.05) is 161 Å². The summed E-state index contributed by atoms with van der Waals surface area (Å²) in [6, 6.07) is 44.8. The van der Waals surface area contributed by atoms with Crippen molar-refractivity contribution >= 4 is 284 Å². The molecule has 0 aliphatic carbocycles. The Hall–Kier alpha value is -10.3. The van der Waals surface area contributed by atoms with Gasteiger partial charge in [-0.05, 0) is 278 Å². The molecule has 33 heteroatoms. The number of fused-ring (bicyclic) bond motifs is 6. The van der Waals surface area contributed by atoms with Crippen LogP contribution >= 0.6 is 83.8 Å². The van der Waals surface area contributed by atoms with Crippen LogP contribution in [0.4, 0.5) is 0 Å². The van der Waals surface area contributed by atoms with E-state index in [2.05, 4.69) is 42.8 Å². The van der Waals surface area contributed by atoms with Crippen LogP contribution in [0.2, 0.25) is 0 Å². The number of benzene rings is 15. The Bertz CT molecular complexity index is 7300. The number of hydrogen-bond donors (Lipinski definition) is 3. The predicted octanol–water partition coefficient (Wildman–Crippen LogP) is 23.4. The van der Waals surface area contributed by atoms with Crippen molar-refractivity contribution < 1.29 is 71.7 Å². The minimum atomic E-state index is -2.92. The molecule has 21 rings (SSSR count). The average Bonchev–Trinajstić information content (AvgIpc) is 0.695. The molecule has 6 aliphatic rings. The van der Waals surface area contributed by atoms with Crippen molar-refractivity contribution in [1.82, 2.24) is 39.2 Å². The zero-order chi connectivity index (χ0) is 104. The van der Waals surface area contributed by atoms with Gasteiger partial charge in [0.15, 0.2) is 0 Å². The van der Waals surface area contributed by atoms with E-state index >= 15 is 0 Å². The SMILES string of the molecule is CCCCC(CC)CN1C(=O)c2ccc3c4ccc5c6c(ccc(c7ccc(c2c37)C1=O)c64)C(=O)N(C(CC)CCCC)C5=O.CN(C)CCCN1C(=O)c2ccc3c4ccc5c6c(ccc(c7ccc(c2c37)C1=O)c64)C(=O)N(CCCN(C)C)C5=O.C[N+](C)([O-])CCCN1C(=O)c2ccc3c4ccc5c6c(ccc(c7ccc(c2c37)C1=O)c64)C(=O)N(CCC[N+](C)(C)[O-])C5=O.[2H]P(=N)(O)I.[2H]P(C)I.[2H][P+](=N)I. The number of imide groups is 6. The van der Waals surface area contributed by atoms with Gasteiger partial charge in [-0.2, -0.15) is 0 Å². The third-order valence-corrected chi connectivity index (χ3v) is 28.2. The first kappa shape index (κ1) is 99.4. The maximum Gasteiger partial charge on any atom is 0.375 e. The highest BCUT2D eigenvalue weighted by molar-refractivity contribution is 14.2. The van der Waals surface area contributed by atoms with Crippen LogP contribution in [0.15, 0.2) is 146 Å². The Morgan fingerprint density at radius 3 is 0.759 bits per heavy atom. The lowest BCUT2D eigenvalue weighted by Crippen LogP contribution is -2.46. The highest BCUT2D eigenvalue weighted by Gasteiger charge is 2.44. The summed E-state index contributed by atoms with van der Waals surface area (Å²) in [4.78, 5) is 185. The van der Waals surface area contributed by atoms with Gasteiger partial charge >= 0.3 is 1.28 Å². The maximum absolute atomic E-state index is 14.0. The molecular formula is C108H113I3N12O15P3+. The van der Waals surface area contributed by atoms with E-state index < -0.39 is 26.9 Å². The molecule has 0 aromatic heterocycles. The summed E-state index contributed by atoms with van der Waals surface area (Å²) in [6.07, 6.45) is 9.35. The van der Waals surface area contributed by atoms with E-state index in [1.54, 1.807) is 46.3 Å². The third kappa shape index (κ3) is 18.8. The molecule has 0 spiro atoms. The fourth-order valence-corrected chi connectivity index (χ4v) is 21.8. The van der Waals surface area contributed by atoms with Gasteiger partial charge in [0.2, 0.25) is 5.96 Å². The molecule has 5 unspecified atom stereocenters. The number of carbonyl (C=O) groups excluding carboxylic acids is 12. The maximum atomic E-state index is 14.0. The van der Waals surface area contributed by atoms with E-state index in [4.69, 9.17) is 19.1 Å². The largest absolute Gasteiger partial charge is 0.633 e. The van der Waals surface area contributed by atoms with Crippen LogP contribution in [0, 0.1) is 26.7 Å². The molecule has 730 valence electrons. The molecule has 0 fully saturated rings. The first-order chi connectivity index (χ1) is 68.3. The number of rotatable bonds is 27. The van der Waals surface area contributed by atoms with Crippen LogP contribution in [0.25, 0.3) is 129 Å². The Morgan fingerprint density at radius 2 is 0.574 bits per heavy atom. The fraction of sp³-hybridized carbons (Fsp3) is 0.333. The zero-order valence-electron chi connectivity index (χ0n) is 84.0. The number of halogens is 3. The summed E-state index contributed by atoms with van der Waals surface area (Å²) in [7, 11) is 14.0. The van der Waals surface area contributed by atoms with Crippen LogP contribution in [-0.2, 0) is 0 Å². The van der Waals surface area contributed by atoms with Gasteiger partial charge in [0.05, 0.1) is 42.6 Å². The van der Waals surface area contributed by atoms with E-state index in [0.29, 0.717) is 144 Å². The van der Waals surface area contributed by atoms with Crippen molar-refractivity contribution in [2.75, 3.05) is 122 Å². The molecule has 5 atom stereocenters. The van der Waals surface area contributed by atoms with Gasteiger partial charge < -0.3 is 34.4 Å². The van der Waals surface area contributed by atoms with Gasteiger partial charge in [-0.25, -0.2) is 0 Å². The molecule has 141 heavy (non-hydrogen) atoms. The van der Waals surface area contributed by atoms with Crippen molar-refractivity contribution in [2.24, 2.45) is 5.92 Å². The van der Waals surface area contributed by atoms with Crippen LogP contribution in [0.5, 0.6) is 0 Å². The van der Waals surface area contributed by atoms with E-state index in [-0.39, 0.29) is 109 Å². The Morgan fingerprint density at radius 1 is 0.383 bits per heavy atom. The van der Waals surface area contributed by atoms with E-state index in [1.165, 1.54) is 79.6 Å². The lowest BCUT2D eigenvalue weighted by molar-refractivity contribution is -0.840. The summed E-state index contributed by atoms with van der Waals surface area (Å²) in [5.74, 6) is -4.38. The molecule has 15 aromatic carbocycles. The molecule has 0 saturated heterocycles. The number of carbonyl (C=O) groups is 12. The normalized spacial score (nSPS) is 16.2. The van der Waals surface area contributed by atoms with Crippen molar-refractivity contribution in [1.29, 1.82) is 14.2 Å². The van der Waals surface area contributed by atoms with E-state index in [9.17, 15) is 67.9 Å². The number of quaternary nitrogens is 2. The molecule has 15 aromatic rings. The fourth-order valence-electron chi connectivity index (χ4n) is 21.8. The molecule has 3 N–H and O–H groups in total. The molecule has 0 saturated carbocycles. The number of nitrogens with one attached hydrogen (secondary N) is 2. The highest BCUT2D eigenvalue weighted by Crippen LogP contribution is 2.52. The lowest BCUT2D eigenvalue weighted by Gasteiger charge is -2.35. The quantitative estimate of drug-likeness (QED) is 0.00819. The van der Waals surface area contributed by atoms with Crippen molar-refractivity contribution in [3.05, 3.63) is 223 Å². The van der Waals surface area contributed by atoms with Crippen LogP contribution < -0.4 is 0 Å². The molecule has 6 heterocycles. The van der Waals surface area contributed by atoms with Gasteiger partial charge in [0.1, 0.15) is 6.81 Å². The van der Waals surface area contributed by atoms with Gasteiger partial charge in [-0.3, -0.25) is 92.1 Å². The topological polar surface area (TPSA) is 345 Å². The molecule has 0 radical (unpaired) electrons. The average molecular weight is 2300 g/mol. The number of unbranched alkanes of at least 4 members (excludes halogenated alkanes) is 2. The standard InChI is InChI=1S/C39H40N2O4.C34H32N4O6.C34H32N4O4.CH4IP.H3INOP.HINP/c1-5-9-11-22(7-3)21-40-36(42)28-17-13-24-26-15-19-30-35-31(39(45)41(38(30)44)23(8-4)12-10-6-2)20-16-27(33(26)35)25-14-18-29(37(40)43)34(28)32(24)25;1-37(2,43)17-5-15-35-31(39)23-11-7-19-21-9-13-25-30-26(34(42)36(33(25)41)16-6-18-38(3,4)44)14-10-22(28(21)30)20-8-12-24(32(35)40)29(23)27(19)20;1-35(2)15-5-17-37-31(39)23-11-7-19-21-9-13-25-30-26(34(42)38(33(25)41)18-6-16-36(3)4)14-10-22(28(21)30)20-8-12-24(32(37)40)29(23)27(19)20;1-3-2;1-4(2)3;1-3-2/h13-20,22-23H,5-12,21H2,1-4H3;7-14H,5-6,15-18H2,1-4H3;7-14H,5-6,15-18H2,1-4H3;3H,1H3;4H,(H2,2,3);2H/p+1/i;;;3D;4D;/hD. The minimum Gasteiger partial charge on any atom is -0.633 e. The summed E-state index contributed by atoms with van der Waals surface area (Å²) in [5, 5.41) is 56.3.